The Labute approximate surface area is 188 Å². The van der Waals surface area contributed by atoms with Gasteiger partial charge >= 0.3 is 7.82 Å². The molecule has 33 heavy (non-hydrogen) atoms. The number of ether oxygens (including phenoxy) is 1. The molecule has 2 aromatic heterocycles. The van der Waals surface area contributed by atoms with Gasteiger partial charge in [0.15, 0.2) is 17.3 Å². The van der Waals surface area contributed by atoms with Crippen molar-refractivity contribution >= 4 is 13.4 Å². The van der Waals surface area contributed by atoms with Crippen LogP contribution in [0.4, 0.5) is 4.39 Å². The van der Waals surface area contributed by atoms with Gasteiger partial charge < -0.3 is 29.7 Å². The largest absolute Gasteiger partial charge is 0.471 e. The lowest BCUT2D eigenvalue weighted by atomic mass is 10.1. The predicted octanol–water partition coefficient (Wildman–Crippen LogP) is 3.16. The number of allylic oxidation sites excluding steroid dienone is 2. The van der Waals surface area contributed by atoms with Crippen LogP contribution in [-0.4, -0.2) is 37.7 Å². The molecule has 12 heteroatoms. The number of aromatic nitrogens is 2. The molecule has 10 nitrogen and oxygen atoms in total. The number of hydrogen-bond donors (Lipinski definition) is 3. The Kier molecular flexibility index (Phi) is 6.68. The summed E-state index contributed by atoms with van der Waals surface area (Å²) in [6.07, 6.45) is 6.19. The monoisotopic (exact) mass is 474 g/mol. The first-order valence-electron chi connectivity index (χ1n) is 9.71. The molecule has 0 bridgehead atoms. The third-order valence-electron chi connectivity index (χ3n) is 4.68. The Morgan fingerprint density at radius 2 is 2.06 bits per heavy atom. The van der Waals surface area contributed by atoms with Crippen molar-refractivity contribution in [2.45, 2.75) is 12.6 Å². The Bertz CT molecular complexity index is 1220. The molecular formula is C21H20FN4O6P. The van der Waals surface area contributed by atoms with Crippen molar-refractivity contribution in [3.05, 3.63) is 89.8 Å². The van der Waals surface area contributed by atoms with E-state index in [1.54, 1.807) is 54.9 Å². The molecule has 0 saturated carbocycles. The summed E-state index contributed by atoms with van der Waals surface area (Å²) in [5, 5.41) is 4.05. The molecular weight excluding hydrogens is 454 g/mol. The number of phosphoric acid groups is 1. The fourth-order valence-corrected chi connectivity index (χ4v) is 3.36. The van der Waals surface area contributed by atoms with Gasteiger partial charge in [-0.15, -0.1) is 0 Å². The minimum atomic E-state index is -4.63. The molecule has 4 rings (SSSR count). The maximum absolute atomic E-state index is 13.7. The van der Waals surface area contributed by atoms with Gasteiger partial charge in [-0.05, 0) is 23.8 Å². The number of nitrogens with zero attached hydrogens (tertiary/aromatic N) is 3. The molecule has 1 aromatic carbocycles. The summed E-state index contributed by atoms with van der Waals surface area (Å²) < 4.78 is 40.0. The molecule has 172 valence electrons. The SMILES string of the molecule is NC1C(c2cc(Cc3ccc(Oc4ccccc4F)nc3)no2)=CC=CN1COP(=O)(O)O. The molecule has 0 radical (unpaired) electrons. The van der Waals surface area contributed by atoms with E-state index in [0.29, 0.717) is 23.4 Å². The topological polar surface area (TPSA) is 144 Å². The zero-order valence-electron chi connectivity index (χ0n) is 17.1. The van der Waals surface area contributed by atoms with Crippen LogP contribution >= 0.6 is 7.82 Å². The van der Waals surface area contributed by atoms with Gasteiger partial charge in [-0.25, -0.2) is 13.9 Å². The molecule has 4 N–H and O–H groups in total. The summed E-state index contributed by atoms with van der Waals surface area (Å²) in [4.78, 5) is 23.4. The molecule has 0 spiro atoms. The summed E-state index contributed by atoms with van der Waals surface area (Å²) >= 11 is 0. The Balaban J connectivity index is 1.39. The molecule has 3 aromatic rings. The Hall–Kier alpha value is -3.34. The minimum Gasteiger partial charge on any atom is -0.436 e. The molecule has 0 fully saturated rings. The number of hydrogen-bond acceptors (Lipinski definition) is 8. The average molecular weight is 474 g/mol. The van der Waals surface area contributed by atoms with Gasteiger partial charge in [0.25, 0.3) is 0 Å². The number of nitrogens with two attached hydrogens (primary N) is 1. The summed E-state index contributed by atoms with van der Waals surface area (Å²) in [6, 6.07) is 11.2. The molecule has 0 amide bonds. The zero-order valence-corrected chi connectivity index (χ0v) is 18.0. The van der Waals surface area contributed by atoms with Crippen LogP contribution in [-0.2, 0) is 15.5 Å². The smallest absolute Gasteiger partial charge is 0.436 e. The molecule has 1 aliphatic heterocycles. The fraction of sp³-hybridized carbons (Fsp3) is 0.143. The van der Waals surface area contributed by atoms with Crippen molar-refractivity contribution in [1.29, 1.82) is 0 Å². The lowest BCUT2D eigenvalue weighted by Crippen LogP contribution is -2.41. The molecule has 1 atom stereocenters. The van der Waals surface area contributed by atoms with Gasteiger partial charge in [-0.2, -0.15) is 0 Å². The molecule has 1 unspecified atom stereocenters. The van der Waals surface area contributed by atoms with Crippen LogP contribution in [0.25, 0.3) is 5.57 Å². The summed E-state index contributed by atoms with van der Waals surface area (Å²) in [5.41, 5.74) is 8.19. The highest BCUT2D eigenvalue weighted by Gasteiger charge is 2.25. The van der Waals surface area contributed by atoms with Crippen LogP contribution in [0, 0.1) is 5.82 Å². The van der Waals surface area contributed by atoms with Crippen LogP contribution in [0.1, 0.15) is 17.0 Å². The van der Waals surface area contributed by atoms with Gasteiger partial charge in [0.2, 0.25) is 5.88 Å². The highest BCUT2D eigenvalue weighted by Crippen LogP contribution is 2.36. The maximum Gasteiger partial charge on any atom is 0.471 e. The van der Waals surface area contributed by atoms with Gasteiger partial charge in [-0.3, -0.25) is 4.52 Å². The summed E-state index contributed by atoms with van der Waals surface area (Å²) in [7, 11) is -4.63. The van der Waals surface area contributed by atoms with Crippen molar-refractivity contribution < 1.29 is 32.5 Å². The maximum atomic E-state index is 13.7. The Morgan fingerprint density at radius 1 is 1.24 bits per heavy atom. The van der Waals surface area contributed by atoms with Crippen molar-refractivity contribution in [3.8, 4) is 11.6 Å². The van der Waals surface area contributed by atoms with E-state index < -0.39 is 26.5 Å². The lowest BCUT2D eigenvalue weighted by molar-refractivity contribution is 0.110. The fourth-order valence-electron chi connectivity index (χ4n) is 3.08. The molecule has 1 aliphatic rings. The second-order valence-electron chi connectivity index (χ2n) is 7.07. The van der Waals surface area contributed by atoms with Crippen LogP contribution in [0.2, 0.25) is 0 Å². The number of phosphoric ester groups is 1. The Morgan fingerprint density at radius 3 is 2.79 bits per heavy atom. The highest BCUT2D eigenvalue weighted by atomic mass is 31.2. The number of benzene rings is 1. The van der Waals surface area contributed by atoms with E-state index in [-0.39, 0.29) is 11.6 Å². The number of pyridine rings is 1. The lowest BCUT2D eigenvalue weighted by Gasteiger charge is -2.30. The first kappa shape index (κ1) is 22.8. The average Bonchev–Trinajstić information content (AvgIpc) is 3.23. The van der Waals surface area contributed by atoms with E-state index in [0.717, 1.165) is 5.56 Å². The number of halogens is 1. The minimum absolute atomic E-state index is 0.0882. The zero-order chi connectivity index (χ0) is 23.4. The van der Waals surface area contributed by atoms with E-state index in [2.05, 4.69) is 14.7 Å². The predicted molar refractivity (Wildman–Crippen MR) is 115 cm³/mol. The van der Waals surface area contributed by atoms with Gasteiger partial charge in [0, 0.05) is 36.5 Å². The van der Waals surface area contributed by atoms with Gasteiger partial charge in [0.05, 0.1) is 5.69 Å². The second kappa shape index (κ2) is 9.65. The highest BCUT2D eigenvalue weighted by molar-refractivity contribution is 7.46. The number of para-hydroxylation sites is 1. The van der Waals surface area contributed by atoms with E-state index in [9.17, 15) is 8.96 Å². The molecule has 0 saturated heterocycles. The van der Waals surface area contributed by atoms with Crippen LogP contribution in [0.5, 0.6) is 11.6 Å². The molecule has 3 heterocycles. The van der Waals surface area contributed by atoms with Crippen LogP contribution in [0.15, 0.2) is 71.5 Å². The third kappa shape index (κ3) is 5.92. The normalized spacial score (nSPS) is 16.1. The first-order valence-corrected chi connectivity index (χ1v) is 11.2. The van der Waals surface area contributed by atoms with E-state index >= 15 is 0 Å². The first-order chi connectivity index (χ1) is 15.8. The van der Waals surface area contributed by atoms with Crippen molar-refractivity contribution in [2.24, 2.45) is 5.73 Å². The summed E-state index contributed by atoms with van der Waals surface area (Å²) in [5.74, 6) is 0.281. The quantitative estimate of drug-likeness (QED) is 0.416. The van der Waals surface area contributed by atoms with E-state index in [4.69, 9.17) is 24.8 Å². The standard InChI is InChI=1S/C21H20FN4O6P/c22-17-5-1-2-6-18(17)31-20-8-7-14(12-24-20)10-15-11-19(32-25-15)16-4-3-9-26(21(16)23)13-30-33(27,28)29/h1-9,11-12,21H,10,13,23H2,(H2,27,28,29). The number of rotatable bonds is 8. The third-order valence-corrected chi connectivity index (χ3v) is 5.13. The van der Waals surface area contributed by atoms with Crippen LogP contribution < -0.4 is 10.5 Å². The van der Waals surface area contributed by atoms with Gasteiger partial charge in [-0.1, -0.05) is 29.4 Å². The van der Waals surface area contributed by atoms with Crippen LogP contribution in [0.3, 0.4) is 0 Å². The van der Waals surface area contributed by atoms with Crippen molar-refractivity contribution in [2.75, 3.05) is 6.73 Å². The van der Waals surface area contributed by atoms with Crippen molar-refractivity contribution in [3.63, 3.8) is 0 Å². The summed E-state index contributed by atoms with van der Waals surface area (Å²) in [6.45, 7) is -0.396. The molecule has 0 aliphatic carbocycles. The van der Waals surface area contributed by atoms with Gasteiger partial charge in [0.1, 0.15) is 12.9 Å². The second-order valence-corrected chi connectivity index (χ2v) is 8.31. The van der Waals surface area contributed by atoms with Crippen molar-refractivity contribution in [1.82, 2.24) is 15.0 Å². The van der Waals surface area contributed by atoms with E-state index in [1.165, 1.54) is 17.0 Å². The van der Waals surface area contributed by atoms with E-state index in [1.807, 2.05) is 0 Å².